The summed E-state index contributed by atoms with van der Waals surface area (Å²) in [5.41, 5.74) is 5.44. The van der Waals surface area contributed by atoms with Crippen LogP contribution < -0.4 is 10.6 Å². The SMILES string of the molecule is Cc1ccc(NC(=O)NCC2CCCN(Cc3cnc4cc(C)ccn34)C2)cc1. The molecule has 2 N–H and O–H groups in total. The lowest BCUT2D eigenvalue weighted by Crippen LogP contribution is -2.41. The molecule has 1 aliphatic heterocycles. The molecule has 6 heteroatoms. The zero-order valence-electron chi connectivity index (χ0n) is 17.2. The summed E-state index contributed by atoms with van der Waals surface area (Å²) < 4.78 is 2.17. The van der Waals surface area contributed by atoms with Gasteiger partial charge in [0.1, 0.15) is 5.65 Å². The molecular formula is C23H29N5O. The lowest BCUT2D eigenvalue weighted by Gasteiger charge is -2.32. The minimum Gasteiger partial charge on any atom is -0.338 e. The first-order valence-corrected chi connectivity index (χ1v) is 10.3. The number of benzene rings is 1. The Morgan fingerprint density at radius 3 is 2.83 bits per heavy atom. The molecule has 1 aliphatic rings. The molecule has 3 aromatic rings. The van der Waals surface area contributed by atoms with Crippen LogP contribution in [0.25, 0.3) is 5.65 Å². The maximum atomic E-state index is 12.2. The first-order valence-electron chi connectivity index (χ1n) is 10.3. The second-order valence-corrected chi connectivity index (χ2v) is 8.13. The number of likely N-dealkylation sites (tertiary alicyclic amines) is 1. The van der Waals surface area contributed by atoms with Gasteiger partial charge in [-0.15, -0.1) is 0 Å². The topological polar surface area (TPSA) is 61.7 Å². The number of rotatable bonds is 5. The van der Waals surface area contributed by atoms with Crippen molar-refractivity contribution in [1.29, 1.82) is 0 Å². The second-order valence-electron chi connectivity index (χ2n) is 8.13. The molecule has 6 nitrogen and oxygen atoms in total. The molecule has 1 aromatic carbocycles. The normalized spacial score (nSPS) is 17.4. The molecule has 152 valence electrons. The van der Waals surface area contributed by atoms with E-state index in [1.54, 1.807) is 0 Å². The number of carbonyl (C=O) groups is 1. The van der Waals surface area contributed by atoms with E-state index in [2.05, 4.69) is 50.2 Å². The Kier molecular flexibility index (Phi) is 5.81. The Labute approximate surface area is 171 Å². The van der Waals surface area contributed by atoms with Crippen LogP contribution in [0.4, 0.5) is 10.5 Å². The fraction of sp³-hybridized carbons (Fsp3) is 0.391. The zero-order valence-corrected chi connectivity index (χ0v) is 17.2. The lowest BCUT2D eigenvalue weighted by molar-refractivity contribution is 0.164. The first-order chi connectivity index (χ1) is 14.1. The van der Waals surface area contributed by atoms with Gasteiger partial charge in [-0.1, -0.05) is 17.7 Å². The number of nitrogens with one attached hydrogen (secondary N) is 2. The van der Waals surface area contributed by atoms with Crippen molar-refractivity contribution in [3.05, 3.63) is 65.6 Å². The number of aryl methyl sites for hydroxylation is 2. The molecule has 4 rings (SSSR count). The van der Waals surface area contributed by atoms with E-state index in [4.69, 9.17) is 0 Å². The van der Waals surface area contributed by atoms with Crippen LogP contribution >= 0.6 is 0 Å². The fourth-order valence-electron chi connectivity index (χ4n) is 3.99. The largest absolute Gasteiger partial charge is 0.338 e. The maximum absolute atomic E-state index is 12.2. The van der Waals surface area contributed by atoms with Crippen molar-refractivity contribution in [2.45, 2.75) is 33.2 Å². The number of nitrogens with zero attached hydrogens (tertiary/aromatic N) is 3. The Morgan fingerprint density at radius 1 is 1.17 bits per heavy atom. The quantitative estimate of drug-likeness (QED) is 0.691. The Balaban J connectivity index is 1.29. The van der Waals surface area contributed by atoms with Gasteiger partial charge in [0.2, 0.25) is 0 Å². The van der Waals surface area contributed by atoms with Crippen molar-refractivity contribution in [3.8, 4) is 0 Å². The van der Waals surface area contributed by atoms with E-state index in [0.717, 1.165) is 43.8 Å². The third-order valence-corrected chi connectivity index (χ3v) is 5.59. The zero-order chi connectivity index (χ0) is 20.2. The number of carbonyl (C=O) groups excluding carboxylic acids is 1. The predicted molar refractivity (Wildman–Crippen MR) is 116 cm³/mol. The summed E-state index contributed by atoms with van der Waals surface area (Å²) >= 11 is 0. The van der Waals surface area contributed by atoms with E-state index in [0.29, 0.717) is 12.5 Å². The van der Waals surface area contributed by atoms with Crippen LogP contribution in [0, 0.1) is 19.8 Å². The van der Waals surface area contributed by atoms with Crippen molar-refractivity contribution in [3.63, 3.8) is 0 Å². The van der Waals surface area contributed by atoms with E-state index in [1.807, 2.05) is 37.4 Å². The van der Waals surface area contributed by atoms with Gasteiger partial charge >= 0.3 is 6.03 Å². The van der Waals surface area contributed by atoms with Crippen molar-refractivity contribution in [2.24, 2.45) is 5.92 Å². The number of fused-ring (bicyclic) bond motifs is 1. The highest BCUT2D eigenvalue weighted by Gasteiger charge is 2.21. The minimum atomic E-state index is -0.136. The van der Waals surface area contributed by atoms with Crippen LogP contribution in [0.1, 0.15) is 29.7 Å². The lowest BCUT2D eigenvalue weighted by atomic mass is 9.98. The minimum absolute atomic E-state index is 0.136. The Hall–Kier alpha value is -2.86. The van der Waals surface area contributed by atoms with Gasteiger partial charge in [-0.05, 0) is 69.0 Å². The standard InChI is InChI=1S/C23H29N5O/c1-17-5-7-20(8-6-17)26-23(29)25-13-19-4-3-10-27(15-19)16-21-14-24-22-12-18(2)9-11-28(21)22/h5-9,11-12,14,19H,3-4,10,13,15-16H2,1-2H3,(H2,25,26,29). The van der Waals surface area contributed by atoms with E-state index in [9.17, 15) is 4.79 Å². The molecule has 0 radical (unpaired) electrons. The van der Waals surface area contributed by atoms with Crippen molar-refractivity contribution < 1.29 is 4.79 Å². The first kappa shape index (κ1) is 19.5. The number of hydrogen-bond acceptors (Lipinski definition) is 3. The van der Waals surface area contributed by atoms with Crippen molar-refractivity contribution in [1.82, 2.24) is 19.6 Å². The van der Waals surface area contributed by atoms with Crippen LogP contribution in [-0.4, -0.2) is 39.9 Å². The molecule has 2 amide bonds. The molecule has 1 unspecified atom stereocenters. The third-order valence-electron chi connectivity index (χ3n) is 5.59. The van der Waals surface area contributed by atoms with E-state index in [-0.39, 0.29) is 6.03 Å². The Bertz CT molecular complexity index is 979. The summed E-state index contributed by atoms with van der Waals surface area (Å²) in [4.78, 5) is 19.2. The highest BCUT2D eigenvalue weighted by atomic mass is 16.2. The average molecular weight is 392 g/mol. The van der Waals surface area contributed by atoms with Crippen LogP contribution in [0.15, 0.2) is 48.8 Å². The van der Waals surface area contributed by atoms with Crippen LogP contribution in [0.5, 0.6) is 0 Å². The number of urea groups is 1. The van der Waals surface area contributed by atoms with E-state index < -0.39 is 0 Å². The fourth-order valence-corrected chi connectivity index (χ4v) is 3.99. The summed E-state index contributed by atoms with van der Waals surface area (Å²) in [5.74, 6) is 0.467. The molecule has 1 saturated heterocycles. The molecule has 2 aromatic heterocycles. The summed E-state index contributed by atoms with van der Waals surface area (Å²) in [5, 5.41) is 5.94. The van der Waals surface area contributed by atoms with Crippen LogP contribution in [-0.2, 0) is 6.54 Å². The van der Waals surface area contributed by atoms with Crippen molar-refractivity contribution >= 4 is 17.4 Å². The van der Waals surface area contributed by atoms with Gasteiger partial charge in [-0.25, -0.2) is 9.78 Å². The molecule has 1 atom stereocenters. The number of imidazole rings is 1. The number of piperidine rings is 1. The highest BCUT2D eigenvalue weighted by molar-refractivity contribution is 5.89. The van der Waals surface area contributed by atoms with Gasteiger partial charge in [0.15, 0.2) is 0 Å². The monoisotopic (exact) mass is 391 g/mol. The van der Waals surface area contributed by atoms with Gasteiger partial charge in [-0.2, -0.15) is 0 Å². The second kappa shape index (κ2) is 8.66. The van der Waals surface area contributed by atoms with Gasteiger partial charge in [-0.3, -0.25) is 4.90 Å². The average Bonchev–Trinajstić information content (AvgIpc) is 3.10. The summed E-state index contributed by atoms with van der Waals surface area (Å²) in [6, 6.07) is 11.9. The summed E-state index contributed by atoms with van der Waals surface area (Å²) in [6.45, 7) is 7.78. The molecule has 0 bridgehead atoms. The smallest absolute Gasteiger partial charge is 0.319 e. The predicted octanol–water partition coefficient (Wildman–Crippen LogP) is 3.98. The molecule has 3 heterocycles. The highest BCUT2D eigenvalue weighted by Crippen LogP contribution is 2.19. The number of anilines is 1. The summed E-state index contributed by atoms with van der Waals surface area (Å²) in [6.07, 6.45) is 6.38. The molecule has 1 fully saturated rings. The number of hydrogen-bond donors (Lipinski definition) is 2. The van der Waals surface area contributed by atoms with Crippen LogP contribution in [0.3, 0.4) is 0 Å². The van der Waals surface area contributed by atoms with Gasteiger partial charge in [0.25, 0.3) is 0 Å². The van der Waals surface area contributed by atoms with E-state index >= 15 is 0 Å². The third kappa shape index (κ3) is 4.95. The molecule has 29 heavy (non-hydrogen) atoms. The van der Waals surface area contributed by atoms with E-state index in [1.165, 1.54) is 16.8 Å². The maximum Gasteiger partial charge on any atom is 0.319 e. The summed E-state index contributed by atoms with van der Waals surface area (Å²) in [7, 11) is 0. The van der Waals surface area contributed by atoms with Crippen molar-refractivity contribution in [2.75, 3.05) is 25.0 Å². The van der Waals surface area contributed by atoms with Gasteiger partial charge < -0.3 is 15.0 Å². The molecule has 0 spiro atoms. The number of aromatic nitrogens is 2. The molecule has 0 aliphatic carbocycles. The van der Waals surface area contributed by atoms with Gasteiger partial charge in [0, 0.05) is 31.5 Å². The number of amides is 2. The number of pyridine rings is 1. The van der Waals surface area contributed by atoms with Gasteiger partial charge in [0.05, 0.1) is 11.9 Å². The Morgan fingerprint density at radius 2 is 2.00 bits per heavy atom. The molecular weight excluding hydrogens is 362 g/mol. The van der Waals surface area contributed by atoms with Crippen LogP contribution in [0.2, 0.25) is 0 Å². The molecule has 0 saturated carbocycles.